The Labute approximate surface area is 151 Å². The highest BCUT2D eigenvalue weighted by Gasteiger charge is 2.28. The molecule has 1 fully saturated rings. The summed E-state index contributed by atoms with van der Waals surface area (Å²) >= 11 is 1.56. The van der Waals surface area contributed by atoms with E-state index in [9.17, 15) is 9.59 Å². The molecule has 0 N–H and O–H groups in total. The summed E-state index contributed by atoms with van der Waals surface area (Å²) in [7, 11) is 1.41. The third kappa shape index (κ3) is 4.25. The van der Waals surface area contributed by atoms with Crippen LogP contribution in [-0.2, 0) is 20.7 Å². The summed E-state index contributed by atoms with van der Waals surface area (Å²) in [5.41, 5.74) is 3.10. The van der Waals surface area contributed by atoms with Gasteiger partial charge in [-0.2, -0.15) is 0 Å². The number of carbonyl (C=O) groups is 2. The van der Waals surface area contributed by atoms with E-state index in [0.717, 1.165) is 16.3 Å². The zero-order chi connectivity index (χ0) is 17.8. The molecule has 0 radical (unpaired) electrons. The molecule has 0 aliphatic carbocycles. The number of benzene rings is 1. The predicted octanol–water partition coefficient (Wildman–Crippen LogP) is 3.07. The van der Waals surface area contributed by atoms with Crippen molar-refractivity contribution < 1.29 is 14.3 Å². The van der Waals surface area contributed by atoms with Crippen LogP contribution in [0.2, 0.25) is 0 Å². The molecule has 3 rings (SSSR count). The minimum absolute atomic E-state index is 0.0732. The number of hydrogen-bond acceptors (Lipinski definition) is 5. The average molecular weight is 358 g/mol. The van der Waals surface area contributed by atoms with Crippen LogP contribution in [-0.4, -0.2) is 42.0 Å². The molecule has 6 heteroatoms. The molecule has 2 aromatic rings. The van der Waals surface area contributed by atoms with Crippen LogP contribution in [0.1, 0.15) is 24.1 Å². The monoisotopic (exact) mass is 358 g/mol. The number of likely N-dealkylation sites (tertiary alicyclic amines) is 1. The van der Waals surface area contributed by atoms with Gasteiger partial charge < -0.3 is 9.64 Å². The van der Waals surface area contributed by atoms with Gasteiger partial charge in [0.2, 0.25) is 5.91 Å². The number of aryl methyl sites for hydroxylation is 1. The van der Waals surface area contributed by atoms with Crippen LogP contribution in [0.4, 0.5) is 0 Å². The molecule has 1 aliphatic rings. The van der Waals surface area contributed by atoms with E-state index in [1.54, 1.807) is 11.3 Å². The van der Waals surface area contributed by atoms with Crippen molar-refractivity contribution in [2.45, 2.75) is 26.2 Å². The number of rotatable bonds is 4. The van der Waals surface area contributed by atoms with Crippen molar-refractivity contribution in [2.75, 3.05) is 20.2 Å². The van der Waals surface area contributed by atoms with Crippen molar-refractivity contribution in [1.82, 2.24) is 9.88 Å². The highest BCUT2D eigenvalue weighted by atomic mass is 32.1. The second-order valence-corrected chi connectivity index (χ2v) is 7.22. The molecular formula is C19H22N2O3S. The van der Waals surface area contributed by atoms with E-state index < -0.39 is 0 Å². The van der Waals surface area contributed by atoms with Gasteiger partial charge in [0.25, 0.3) is 0 Å². The molecule has 0 bridgehead atoms. The molecule has 25 heavy (non-hydrogen) atoms. The molecule has 5 nitrogen and oxygen atoms in total. The number of thiazole rings is 1. The lowest BCUT2D eigenvalue weighted by atomic mass is 9.97. The Balaban J connectivity index is 1.57. The molecule has 1 aromatic carbocycles. The smallest absolute Gasteiger partial charge is 0.308 e. The van der Waals surface area contributed by atoms with Gasteiger partial charge in [0.05, 0.1) is 25.1 Å². The minimum Gasteiger partial charge on any atom is -0.469 e. The first kappa shape index (κ1) is 17.6. The first-order chi connectivity index (χ1) is 12.1. The number of aromatic nitrogens is 1. The highest BCUT2D eigenvalue weighted by Crippen LogP contribution is 2.25. The largest absolute Gasteiger partial charge is 0.469 e. The van der Waals surface area contributed by atoms with Gasteiger partial charge in [0.1, 0.15) is 5.01 Å². The summed E-state index contributed by atoms with van der Waals surface area (Å²) in [6, 6.07) is 8.23. The lowest BCUT2D eigenvalue weighted by Gasteiger charge is -2.30. The van der Waals surface area contributed by atoms with Gasteiger partial charge in [0, 0.05) is 24.0 Å². The number of ether oxygens (including phenoxy) is 1. The van der Waals surface area contributed by atoms with Gasteiger partial charge >= 0.3 is 5.97 Å². The number of piperidine rings is 1. The van der Waals surface area contributed by atoms with Crippen molar-refractivity contribution in [1.29, 1.82) is 0 Å². The van der Waals surface area contributed by atoms with E-state index in [4.69, 9.17) is 4.74 Å². The molecule has 1 aromatic heterocycles. The van der Waals surface area contributed by atoms with Crippen LogP contribution < -0.4 is 0 Å². The third-order valence-electron chi connectivity index (χ3n) is 4.56. The lowest BCUT2D eigenvalue weighted by molar-refractivity contribution is -0.148. The quantitative estimate of drug-likeness (QED) is 0.788. The lowest BCUT2D eigenvalue weighted by Crippen LogP contribution is -2.41. The molecule has 1 aliphatic heterocycles. The second-order valence-electron chi connectivity index (χ2n) is 6.37. The molecule has 2 heterocycles. The van der Waals surface area contributed by atoms with E-state index in [2.05, 4.69) is 36.2 Å². The number of esters is 1. The van der Waals surface area contributed by atoms with Crippen LogP contribution in [0.3, 0.4) is 0 Å². The predicted molar refractivity (Wildman–Crippen MR) is 97.3 cm³/mol. The summed E-state index contributed by atoms with van der Waals surface area (Å²) in [4.78, 5) is 30.5. The molecule has 0 saturated carbocycles. The van der Waals surface area contributed by atoms with E-state index >= 15 is 0 Å². The van der Waals surface area contributed by atoms with Crippen molar-refractivity contribution in [3.63, 3.8) is 0 Å². The van der Waals surface area contributed by atoms with Crippen LogP contribution in [0.25, 0.3) is 10.6 Å². The first-order valence-electron chi connectivity index (χ1n) is 8.44. The van der Waals surface area contributed by atoms with Crippen molar-refractivity contribution >= 4 is 23.2 Å². The van der Waals surface area contributed by atoms with Crippen LogP contribution in [0, 0.1) is 12.8 Å². The standard InChI is InChI=1S/C19H22N2O3S/c1-13-3-5-14(6-4-13)18-20-16(12-25-18)11-17(22)21-9-7-15(8-10-21)19(23)24-2/h3-6,12,15H,7-11H2,1-2H3. The van der Waals surface area contributed by atoms with E-state index in [-0.39, 0.29) is 17.8 Å². The fourth-order valence-corrected chi connectivity index (χ4v) is 3.84. The fourth-order valence-electron chi connectivity index (χ4n) is 3.01. The maximum atomic E-state index is 12.5. The van der Waals surface area contributed by atoms with Gasteiger partial charge in [-0.05, 0) is 19.8 Å². The summed E-state index contributed by atoms with van der Waals surface area (Å²) in [5, 5.41) is 2.89. The second kappa shape index (κ2) is 7.78. The topological polar surface area (TPSA) is 59.5 Å². The molecule has 0 atom stereocenters. The highest BCUT2D eigenvalue weighted by molar-refractivity contribution is 7.13. The van der Waals surface area contributed by atoms with Crippen LogP contribution >= 0.6 is 11.3 Å². The summed E-state index contributed by atoms with van der Waals surface area (Å²) in [5.74, 6) is -0.181. The minimum atomic E-state index is -0.172. The zero-order valence-corrected chi connectivity index (χ0v) is 15.3. The Morgan fingerprint density at radius 1 is 1.24 bits per heavy atom. The number of carbonyl (C=O) groups excluding carboxylic acids is 2. The first-order valence-corrected chi connectivity index (χ1v) is 9.32. The number of nitrogens with zero attached hydrogens (tertiary/aromatic N) is 2. The maximum Gasteiger partial charge on any atom is 0.308 e. The fraction of sp³-hybridized carbons (Fsp3) is 0.421. The molecular weight excluding hydrogens is 336 g/mol. The third-order valence-corrected chi connectivity index (χ3v) is 5.50. The Bertz CT molecular complexity index is 746. The normalized spacial score (nSPS) is 15.2. The van der Waals surface area contributed by atoms with Gasteiger partial charge in [-0.3, -0.25) is 9.59 Å². The van der Waals surface area contributed by atoms with Crippen molar-refractivity contribution in [3.05, 3.63) is 40.9 Å². The van der Waals surface area contributed by atoms with Crippen LogP contribution in [0.15, 0.2) is 29.6 Å². The summed E-state index contributed by atoms with van der Waals surface area (Å²) < 4.78 is 4.78. The van der Waals surface area contributed by atoms with Gasteiger partial charge in [0.15, 0.2) is 0 Å². The Hall–Kier alpha value is -2.21. The Kier molecular flexibility index (Phi) is 5.48. The van der Waals surface area contributed by atoms with Gasteiger partial charge in [-0.15, -0.1) is 11.3 Å². The molecule has 0 unspecified atom stereocenters. The molecule has 0 spiro atoms. The Morgan fingerprint density at radius 3 is 2.56 bits per heavy atom. The zero-order valence-electron chi connectivity index (χ0n) is 14.5. The van der Waals surface area contributed by atoms with Gasteiger partial charge in [-0.25, -0.2) is 4.98 Å². The molecule has 1 saturated heterocycles. The molecule has 1 amide bonds. The van der Waals surface area contributed by atoms with Crippen LogP contribution in [0.5, 0.6) is 0 Å². The summed E-state index contributed by atoms with van der Waals surface area (Å²) in [6.45, 7) is 3.26. The Morgan fingerprint density at radius 2 is 1.92 bits per heavy atom. The number of amides is 1. The maximum absolute atomic E-state index is 12.5. The van der Waals surface area contributed by atoms with Gasteiger partial charge in [-0.1, -0.05) is 29.8 Å². The number of hydrogen-bond donors (Lipinski definition) is 0. The summed E-state index contributed by atoms with van der Waals surface area (Å²) in [6.07, 6.45) is 1.65. The van der Waals surface area contributed by atoms with Crippen molar-refractivity contribution in [3.8, 4) is 10.6 Å². The average Bonchev–Trinajstić information content (AvgIpc) is 3.10. The SMILES string of the molecule is COC(=O)C1CCN(C(=O)Cc2csc(-c3ccc(C)cc3)n2)CC1. The van der Waals surface area contributed by atoms with E-state index in [1.165, 1.54) is 12.7 Å². The van der Waals surface area contributed by atoms with E-state index in [0.29, 0.717) is 32.4 Å². The van der Waals surface area contributed by atoms with E-state index in [1.807, 2.05) is 10.3 Å². The van der Waals surface area contributed by atoms with Crippen molar-refractivity contribution in [2.24, 2.45) is 5.92 Å². The number of methoxy groups -OCH3 is 1. The molecule has 132 valence electrons.